The molecule has 0 heterocycles. The van der Waals surface area contributed by atoms with E-state index >= 15 is 0 Å². The fourth-order valence-electron chi connectivity index (χ4n) is 0.710. The molecule has 0 spiro atoms. The molecule has 0 N–H and O–H groups in total. The summed E-state index contributed by atoms with van der Waals surface area (Å²) < 4.78 is 0.502. The minimum absolute atomic E-state index is 0.502. The highest BCUT2D eigenvalue weighted by Crippen LogP contribution is 2.22. The van der Waals surface area contributed by atoms with Crippen LogP contribution in [0.5, 0.6) is 0 Å². The van der Waals surface area contributed by atoms with Crippen LogP contribution in [0.2, 0.25) is 19.6 Å². The maximum Gasteiger partial charge on any atom is 0.129 e. The van der Waals surface area contributed by atoms with Crippen LogP contribution in [0.1, 0.15) is 13.8 Å². The van der Waals surface area contributed by atoms with E-state index in [0.29, 0.717) is 4.58 Å². The largest absolute Gasteiger partial charge is 0.135 e. The van der Waals surface area contributed by atoms with Crippen molar-refractivity contribution in [3.63, 3.8) is 0 Å². The molecule has 3 heteroatoms. The van der Waals surface area contributed by atoms with E-state index in [-0.39, 0.29) is 0 Å². The van der Waals surface area contributed by atoms with Crippen LogP contribution >= 0.6 is 23.5 Å². The predicted octanol–water partition coefficient (Wildman–Crippen LogP) is 3.70. The van der Waals surface area contributed by atoms with E-state index in [1.807, 2.05) is 23.5 Å². The van der Waals surface area contributed by atoms with E-state index in [0.717, 1.165) is 11.5 Å². The Morgan fingerprint density at radius 3 is 1.85 bits per heavy atom. The van der Waals surface area contributed by atoms with Gasteiger partial charge < -0.3 is 0 Å². The number of thioether (sulfide) groups is 2. The molecule has 0 saturated carbocycles. The minimum atomic E-state index is -1.17. The van der Waals surface area contributed by atoms with E-state index in [1.54, 1.807) is 0 Å². The Hall–Kier alpha value is 0.477. The summed E-state index contributed by atoms with van der Waals surface area (Å²) in [7, 11) is -1.17. The quantitative estimate of drug-likeness (QED) is 0.412. The number of rotatable bonds is 4. The maximum absolute atomic E-state index is 3.44. The van der Waals surface area contributed by atoms with Gasteiger partial charge in [0.25, 0.3) is 0 Å². The van der Waals surface area contributed by atoms with E-state index in [1.165, 1.54) is 0 Å². The molecule has 0 nitrogen and oxygen atoms in total. The SMILES string of the molecule is CCSC(C#C[Si](C)(C)C)SCC. The van der Waals surface area contributed by atoms with Crippen LogP contribution in [-0.2, 0) is 0 Å². The molecule has 0 aliphatic heterocycles. The second kappa shape index (κ2) is 6.86. The van der Waals surface area contributed by atoms with Crippen LogP contribution in [0.3, 0.4) is 0 Å². The lowest BCUT2D eigenvalue weighted by molar-refractivity contribution is 1.49. The first-order chi connectivity index (χ1) is 5.99. The van der Waals surface area contributed by atoms with Crippen LogP contribution in [-0.4, -0.2) is 24.2 Å². The highest BCUT2D eigenvalue weighted by molar-refractivity contribution is 8.17. The molecule has 0 aromatic rings. The minimum Gasteiger partial charge on any atom is -0.135 e. The first-order valence-electron chi connectivity index (χ1n) is 4.75. The van der Waals surface area contributed by atoms with Crippen molar-refractivity contribution in [3.05, 3.63) is 0 Å². The lowest BCUT2D eigenvalue weighted by Gasteiger charge is -2.09. The summed E-state index contributed by atoms with van der Waals surface area (Å²) in [5, 5.41) is 0. The molecular weight excluding hydrogens is 212 g/mol. The fraction of sp³-hybridized carbons (Fsp3) is 0.800. The summed E-state index contributed by atoms with van der Waals surface area (Å²) in [6.07, 6.45) is 0. The van der Waals surface area contributed by atoms with Gasteiger partial charge in [-0.2, -0.15) is 0 Å². The summed E-state index contributed by atoms with van der Waals surface area (Å²) in [5.41, 5.74) is 3.44. The van der Waals surface area contributed by atoms with E-state index in [2.05, 4.69) is 45.0 Å². The third kappa shape index (κ3) is 8.80. The van der Waals surface area contributed by atoms with Crippen LogP contribution in [0.15, 0.2) is 0 Å². The Balaban J connectivity index is 4.12. The standard InChI is InChI=1S/C10H20S2Si/c1-6-11-10(12-7-2)8-9-13(3,4)5/h10H,6-7H2,1-5H3. The molecule has 0 unspecified atom stereocenters. The second-order valence-electron chi connectivity index (χ2n) is 3.76. The van der Waals surface area contributed by atoms with Gasteiger partial charge in [0.05, 0.1) is 0 Å². The van der Waals surface area contributed by atoms with Gasteiger partial charge in [0.1, 0.15) is 12.7 Å². The van der Waals surface area contributed by atoms with Crippen molar-refractivity contribution >= 4 is 31.6 Å². The van der Waals surface area contributed by atoms with Crippen molar-refractivity contribution in [3.8, 4) is 11.5 Å². The molecule has 0 rings (SSSR count). The summed E-state index contributed by atoms with van der Waals surface area (Å²) in [5.74, 6) is 5.73. The normalized spacial score (nSPS) is 11.2. The Labute approximate surface area is 92.7 Å². The van der Waals surface area contributed by atoms with Crippen LogP contribution < -0.4 is 0 Å². The van der Waals surface area contributed by atoms with Crippen LogP contribution in [0.25, 0.3) is 0 Å². The molecule has 0 aliphatic carbocycles. The van der Waals surface area contributed by atoms with Gasteiger partial charge in [-0.15, -0.1) is 29.1 Å². The van der Waals surface area contributed by atoms with E-state index < -0.39 is 8.07 Å². The first kappa shape index (κ1) is 13.5. The molecule has 13 heavy (non-hydrogen) atoms. The Kier molecular flexibility index (Phi) is 7.11. The lowest BCUT2D eigenvalue weighted by atomic mass is 10.8. The van der Waals surface area contributed by atoms with Gasteiger partial charge in [-0.25, -0.2) is 0 Å². The van der Waals surface area contributed by atoms with E-state index in [9.17, 15) is 0 Å². The molecule has 0 aromatic heterocycles. The van der Waals surface area contributed by atoms with Gasteiger partial charge in [0, 0.05) is 0 Å². The number of hydrogen-bond acceptors (Lipinski definition) is 2. The van der Waals surface area contributed by atoms with E-state index in [4.69, 9.17) is 0 Å². The van der Waals surface area contributed by atoms with Gasteiger partial charge in [0.2, 0.25) is 0 Å². The van der Waals surface area contributed by atoms with Crippen LogP contribution in [0.4, 0.5) is 0 Å². The average Bonchev–Trinajstić information content (AvgIpc) is 2.00. The van der Waals surface area contributed by atoms with Crippen molar-refractivity contribution in [1.82, 2.24) is 0 Å². The Bertz CT molecular complexity index is 179. The molecule has 0 bridgehead atoms. The molecule has 0 fully saturated rings. The molecule has 0 amide bonds. The lowest BCUT2D eigenvalue weighted by Crippen LogP contribution is -2.17. The van der Waals surface area contributed by atoms with Crippen molar-refractivity contribution in [1.29, 1.82) is 0 Å². The maximum atomic E-state index is 3.44. The topological polar surface area (TPSA) is 0 Å². The average molecular weight is 232 g/mol. The fourth-order valence-corrected chi connectivity index (χ4v) is 3.59. The zero-order valence-electron chi connectivity index (χ0n) is 9.31. The second-order valence-corrected chi connectivity index (χ2v) is 11.6. The van der Waals surface area contributed by atoms with Gasteiger partial charge in [0.15, 0.2) is 0 Å². The Morgan fingerprint density at radius 1 is 1.08 bits per heavy atom. The summed E-state index contributed by atoms with van der Waals surface area (Å²) in [4.78, 5) is 0. The zero-order valence-corrected chi connectivity index (χ0v) is 11.9. The molecule has 0 aromatic carbocycles. The van der Waals surface area contributed by atoms with Crippen molar-refractivity contribution in [2.24, 2.45) is 0 Å². The smallest absolute Gasteiger partial charge is 0.129 e. The summed E-state index contributed by atoms with van der Waals surface area (Å²) in [6.45, 7) is 11.3. The van der Waals surface area contributed by atoms with Crippen molar-refractivity contribution in [2.75, 3.05) is 11.5 Å². The summed E-state index contributed by atoms with van der Waals surface area (Å²) in [6, 6.07) is 0. The van der Waals surface area contributed by atoms with Crippen molar-refractivity contribution < 1.29 is 0 Å². The predicted molar refractivity (Wildman–Crippen MR) is 71.2 cm³/mol. The molecule has 0 atom stereocenters. The first-order valence-corrected chi connectivity index (χ1v) is 10.3. The highest BCUT2D eigenvalue weighted by Gasteiger charge is 2.09. The van der Waals surface area contributed by atoms with Gasteiger partial charge >= 0.3 is 0 Å². The molecule has 0 radical (unpaired) electrons. The van der Waals surface area contributed by atoms with Crippen molar-refractivity contribution in [2.45, 2.75) is 38.1 Å². The third-order valence-corrected chi connectivity index (χ3v) is 4.42. The number of hydrogen-bond donors (Lipinski definition) is 0. The van der Waals surface area contributed by atoms with Gasteiger partial charge in [-0.05, 0) is 11.5 Å². The van der Waals surface area contributed by atoms with Crippen LogP contribution in [0, 0.1) is 11.5 Å². The molecule has 0 saturated heterocycles. The highest BCUT2D eigenvalue weighted by atomic mass is 32.2. The monoisotopic (exact) mass is 232 g/mol. The molecule has 0 aliphatic rings. The van der Waals surface area contributed by atoms with Gasteiger partial charge in [-0.3, -0.25) is 0 Å². The Morgan fingerprint density at radius 2 is 1.54 bits per heavy atom. The zero-order chi connectivity index (χ0) is 10.3. The third-order valence-electron chi connectivity index (χ3n) is 1.20. The molecular formula is C10H20S2Si. The molecule has 76 valence electrons. The summed E-state index contributed by atoms with van der Waals surface area (Å²) >= 11 is 3.91. The van der Waals surface area contributed by atoms with Gasteiger partial charge in [-0.1, -0.05) is 39.4 Å².